The maximum Gasteiger partial charge on any atom is 0.205 e. The molecule has 2 N–H and O–H groups in total. The molecule has 1 aromatic carbocycles. The third-order valence-corrected chi connectivity index (χ3v) is 5.77. The topological polar surface area (TPSA) is 76.1 Å². The van der Waals surface area contributed by atoms with Crippen LogP contribution in [0.15, 0.2) is 70.6 Å². The summed E-state index contributed by atoms with van der Waals surface area (Å²) in [7, 11) is 0. The molecule has 0 saturated heterocycles. The van der Waals surface area contributed by atoms with Crippen LogP contribution in [0, 0.1) is 11.3 Å². The van der Waals surface area contributed by atoms with Crippen LogP contribution in [0.2, 0.25) is 0 Å². The van der Waals surface area contributed by atoms with Gasteiger partial charge >= 0.3 is 0 Å². The van der Waals surface area contributed by atoms with Crippen molar-refractivity contribution in [3.63, 3.8) is 0 Å². The number of carbonyl (C=O) groups excluding carboxylic acids is 1. The first-order valence-electron chi connectivity index (χ1n) is 8.11. The number of thiophene rings is 1. The van der Waals surface area contributed by atoms with E-state index in [1.807, 2.05) is 47.8 Å². The number of ether oxygens (including phenoxy) is 1. The van der Waals surface area contributed by atoms with Crippen LogP contribution in [0.4, 0.5) is 0 Å². The molecule has 2 aliphatic rings. The average molecular weight is 348 g/mol. The zero-order valence-corrected chi connectivity index (χ0v) is 14.3. The first-order valence-corrected chi connectivity index (χ1v) is 8.99. The molecule has 2 aromatic rings. The average Bonchev–Trinajstić information content (AvgIpc) is 3.16. The van der Waals surface area contributed by atoms with E-state index in [0.717, 1.165) is 5.56 Å². The summed E-state index contributed by atoms with van der Waals surface area (Å²) in [6, 6.07) is 15.7. The Bertz CT molecular complexity index is 920. The van der Waals surface area contributed by atoms with Crippen LogP contribution in [0.25, 0.3) is 0 Å². The SMILES string of the molecule is N#CC1=C(N)OC2=C(C(=O)C[C@H](c3cccs3)C2)[C@@H]1c1ccccc1. The van der Waals surface area contributed by atoms with Crippen LogP contribution < -0.4 is 5.73 Å². The summed E-state index contributed by atoms with van der Waals surface area (Å²) in [6.07, 6.45) is 1.06. The van der Waals surface area contributed by atoms with Gasteiger partial charge in [0, 0.05) is 29.2 Å². The van der Waals surface area contributed by atoms with Gasteiger partial charge in [-0.1, -0.05) is 36.4 Å². The molecule has 1 aliphatic heterocycles. The predicted molar refractivity (Wildman–Crippen MR) is 95.4 cm³/mol. The third kappa shape index (κ3) is 2.65. The minimum atomic E-state index is -0.438. The molecule has 4 nitrogen and oxygen atoms in total. The number of Topliss-reactive ketones (excluding diaryl/α,β-unsaturated/α-hetero) is 1. The Morgan fingerprint density at radius 3 is 2.64 bits per heavy atom. The van der Waals surface area contributed by atoms with Crippen molar-refractivity contribution in [2.45, 2.75) is 24.7 Å². The number of allylic oxidation sites excluding steroid dienone is 3. The third-order valence-electron chi connectivity index (χ3n) is 4.74. The van der Waals surface area contributed by atoms with Gasteiger partial charge in [-0.25, -0.2) is 0 Å². The second kappa shape index (κ2) is 6.23. The second-order valence-corrected chi connectivity index (χ2v) is 7.20. The van der Waals surface area contributed by atoms with Gasteiger partial charge in [-0.05, 0) is 17.0 Å². The van der Waals surface area contributed by atoms with Crippen LogP contribution in [-0.4, -0.2) is 5.78 Å². The van der Waals surface area contributed by atoms with E-state index in [1.165, 1.54) is 4.88 Å². The smallest absolute Gasteiger partial charge is 0.205 e. The van der Waals surface area contributed by atoms with Gasteiger partial charge in [0.25, 0.3) is 0 Å². The molecular weight excluding hydrogens is 332 g/mol. The number of hydrogen-bond donors (Lipinski definition) is 1. The maximum absolute atomic E-state index is 13.0. The Labute approximate surface area is 149 Å². The van der Waals surface area contributed by atoms with E-state index in [0.29, 0.717) is 29.7 Å². The van der Waals surface area contributed by atoms with E-state index in [4.69, 9.17) is 10.5 Å². The molecule has 2 heterocycles. The molecular formula is C20H16N2O2S. The van der Waals surface area contributed by atoms with E-state index in [9.17, 15) is 10.1 Å². The summed E-state index contributed by atoms with van der Waals surface area (Å²) < 4.78 is 5.74. The van der Waals surface area contributed by atoms with Gasteiger partial charge in [0.1, 0.15) is 17.4 Å². The zero-order chi connectivity index (χ0) is 17.4. The molecule has 2 atom stereocenters. The Balaban J connectivity index is 1.80. The highest BCUT2D eigenvalue weighted by Crippen LogP contribution is 2.47. The van der Waals surface area contributed by atoms with Crippen LogP contribution in [0.3, 0.4) is 0 Å². The minimum Gasteiger partial charge on any atom is -0.444 e. The van der Waals surface area contributed by atoms with Crippen molar-refractivity contribution in [1.29, 1.82) is 5.26 Å². The molecule has 1 aliphatic carbocycles. The molecule has 0 bridgehead atoms. The molecule has 0 amide bonds. The Morgan fingerprint density at radius 2 is 1.96 bits per heavy atom. The zero-order valence-electron chi connectivity index (χ0n) is 13.4. The summed E-state index contributed by atoms with van der Waals surface area (Å²) >= 11 is 1.65. The van der Waals surface area contributed by atoms with Gasteiger partial charge in [-0.2, -0.15) is 5.26 Å². The fourth-order valence-electron chi connectivity index (χ4n) is 3.61. The standard InChI is InChI=1S/C20H16N2O2S/c21-11-14-18(12-5-2-1-3-6-12)19-15(23)9-13(17-7-4-8-25-17)10-16(19)24-20(14)22/h1-8,13,18H,9-10,22H2/t13-,18+/m0/s1. The highest BCUT2D eigenvalue weighted by Gasteiger charge is 2.40. The van der Waals surface area contributed by atoms with Crippen molar-refractivity contribution in [2.75, 3.05) is 0 Å². The van der Waals surface area contributed by atoms with E-state index < -0.39 is 5.92 Å². The molecule has 0 unspecified atom stereocenters. The summed E-state index contributed by atoms with van der Waals surface area (Å²) in [6.45, 7) is 0. The number of rotatable bonds is 2. The van der Waals surface area contributed by atoms with Gasteiger partial charge in [-0.15, -0.1) is 11.3 Å². The lowest BCUT2D eigenvalue weighted by atomic mass is 9.75. The van der Waals surface area contributed by atoms with Crippen LogP contribution in [0.5, 0.6) is 0 Å². The number of benzene rings is 1. The summed E-state index contributed by atoms with van der Waals surface area (Å²) in [5.41, 5.74) is 7.82. The van der Waals surface area contributed by atoms with E-state index in [-0.39, 0.29) is 17.6 Å². The van der Waals surface area contributed by atoms with E-state index in [1.54, 1.807) is 11.3 Å². The van der Waals surface area contributed by atoms with Crippen molar-refractivity contribution < 1.29 is 9.53 Å². The van der Waals surface area contributed by atoms with Crippen LogP contribution in [-0.2, 0) is 9.53 Å². The number of nitrogens with two attached hydrogens (primary N) is 1. The minimum absolute atomic E-state index is 0.0359. The highest BCUT2D eigenvalue weighted by atomic mass is 32.1. The fraction of sp³-hybridized carbons (Fsp3) is 0.200. The first kappa shape index (κ1) is 15.7. The number of hydrogen-bond acceptors (Lipinski definition) is 5. The highest BCUT2D eigenvalue weighted by molar-refractivity contribution is 7.10. The second-order valence-electron chi connectivity index (χ2n) is 6.22. The largest absolute Gasteiger partial charge is 0.444 e. The monoisotopic (exact) mass is 348 g/mol. The van der Waals surface area contributed by atoms with Gasteiger partial charge in [0.2, 0.25) is 5.88 Å². The molecule has 4 rings (SSSR count). The number of carbonyl (C=O) groups is 1. The van der Waals surface area contributed by atoms with Crippen molar-refractivity contribution in [1.82, 2.24) is 0 Å². The molecule has 0 saturated carbocycles. The number of nitriles is 1. The molecule has 0 radical (unpaired) electrons. The normalized spacial score (nSPS) is 23.1. The summed E-state index contributed by atoms with van der Waals surface area (Å²) in [5.74, 6) is 0.425. The van der Waals surface area contributed by atoms with Gasteiger partial charge in [-0.3, -0.25) is 4.79 Å². The lowest BCUT2D eigenvalue weighted by Crippen LogP contribution is -2.29. The molecule has 0 spiro atoms. The van der Waals surface area contributed by atoms with Gasteiger partial charge in [0.05, 0.1) is 5.92 Å². The fourth-order valence-corrected chi connectivity index (χ4v) is 4.44. The van der Waals surface area contributed by atoms with Crippen LogP contribution >= 0.6 is 11.3 Å². The predicted octanol–water partition coefficient (Wildman–Crippen LogP) is 3.96. The van der Waals surface area contributed by atoms with E-state index in [2.05, 4.69) is 6.07 Å². The number of ketones is 1. The lowest BCUT2D eigenvalue weighted by molar-refractivity contribution is -0.117. The van der Waals surface area contributed by atoms with Crippen LogP contribution in [0.1, 0.15) is 35.1 Å². The van der Waals surface area contributed by atoms with Gasteiger partial charge < -0.3 is 10.5 Å². The van der Waals surface area contributed by atoms with Crippen molar-refractivity contribution >= 4 is 17.1 Å². The lowest BCUT2D eigenvalue weighted by Gasteiger charge is -2.33. The molecule has 0 fully saturated rings. The van der Waals surface area contributed by atoms with Crippen molar-refractivity contribution in [2.24, 2.45) is 5.73 Å². The molecule has 5 heteroatoms. The maximum atomic E-state index is 13.0. The quantitative estimate of drug-likeness (QED) is 0.891. The molecule has 1 aromatic heterocycles. The van der Waals surface area contributed by atoms with Crippen molar-refractivity contribution in [3.8, 4) is 6.07 Å². The first-order chi connectivity index (χ1) is 12.2. The number of nitrogens with zero attached hydrogens (tertiary/aromatic N) is 1. The summed E-state index contributed by atoms with van der Waals surface area (Å²) in [4.78, 5) is 14.2. The summed E-state index contributed by atoms with van der Waals surface area (Å²) in [5, 5.41) is 11.6. The van der Waals surface area contributed by atoms with Gasteiger partial charge in [0.15, 0.2) is 5.78 Å². The van der Waals surface area contributed by atoms with E-state index >= 15 is 0 Å². The molecule has 124 valence electrons. The Morgan fingerprint density at radius 1 is 1.16 bits per heavy atom. The Kier molecular flexibility index (Phi) is 3.90. The Hall–Kier alpha value is -2.84. The van der Waals surface area contributed by atoms with Crippen molar-refractivity contribution in [3.05, 3.63) is 81.1 Å². The molecule has 25 heavy (non-hydrogen) atoms.